The van der Waals surface area contributed by atoms with Gasteiger partial charge in [0.1, 0.15) is 11.9 Å². The Morgan fingerprint density at radius 2 is 1.94 bits per heavy atom. The summed E-state index contributed by atoms with van der Waals surface area (Å²) < 4.78 is 58.5. The molecule has 7 nitrogen and oxygen atoms in total. The topological polar surface area (TPSA) is 72.9 Å². The fourth-order valence-electron chi connectivity index (χ4n) is 3.97. The lowest BCUT2D eigenvalue weighted by atomic mass is 9.83. The highest BCUT2D eigenvalue weighted by Crippen LogP contribution is 2.49. The first-order chi connectivity index (χ1) is 16.0. The molecule has 0 fully saturated rings. The van der Waals surface area contributed by atoms with Crippen molar-refractivity contribution in [2.45, 2.75) is 39.0 Å². The van der Waals surface area contributed by atoms with Crippen molar-refractivity contribution in [3.8, 4) is 5.88 Å². The first-order valence-electron chi connectivity index (χ1n) is 10.8. The maximum Gasteiger partial charge on any atom is 0.513 e. The highest BCUT2D eigenvalue weighted by atomic mass is 19.4. The molecule has 2 aromatic rings. The van der Waals surface area contributed by atoms with Crippen LogP contribution in [0.25, 0.3) is 0 Å². The van der Waals surface area contributed by atoms with E-state index >= 15 is 0 Å². The van der Waals surface area contributed by atoms with Gasteiger partial charge in [-0.15, -0.1) is 0 Å². The summed E-state index contributed by atoms with van der Waals surface area (Å²) in [5.74, 6) is -0.978. The van der Waals surface area contributed by atoms with Gasteiger partial charge in [-0.1, -0.05) is 18.2 Å². The molecule has 2 unspecified atom stereocenters. The largest absolute Gasteiger partial charge is 0.513 e. The standard InChI is InChI=1S/C24H28F3N3O4/c1-6-32-23(31)34-21-15(3)29-18-11-12-28-22(33-14(2)13-30(4)5)20(18)19(21)16-9-7-8-10-17(16)24(25,26)27/h7-12,14,19,29H,6,13H2,1-5H3. The molecule has 1 aromatic heterocycles. The predicted octanol–water partition coefficient (Wildman–Crippen LogP) is 5.39. The van der Waals surface area contributed by atoms with E-state index in [1.807, 2.05) is 25.9 Å². The second-order valence-electron chi connectivity index (χ2n) is 8.19. The van der Waals surface area contributed by atoms with Crippen LogP contribution in [-0.4, -0.2) is 49.4 Å². The number of likely N-dealkylation sites (N-methyl/N-ethyl adjacent to an activating group) is 1. The number of benzene rings is 1. The lowest BCUT2D eigenvalue weighted by Crippen LogP contribution is -2.30. The number of aromatic nitrogens is 1. The molecule has 1 aromatic carbocycles. The maximum atomic E-state index is 14.0. The molecule has 1 aliphatic heterocycles. The van der Waals surface area contributed by atoms with E-state index < -0.39 is 23.8 Å². The molecule has 1 aliphatic rings. The van der Waals surface area contributed by atoms with Crippen LogP contribution in [-0.2, 0) is 15.7 Å². The SMILES string of the molecule is CCOC(=O)OC1=C(C)Nc2ccnc(OC(C)CN(C)C)c2C1c1ccccc1C(F)(F)F. The van der Waals surface area contributed by atoms with Gasteiger partial charge in [-0.05, 0) is 52.6 Å². The minimum atomic E-state index is -4.63. The van der Waals surface area contributed by atoms with Crippen molar-refractivity contribution in [1.82, 2.24) is 9.88 Å². The molecule has 0 bridgehead atoms. The first kappa shape index (κ1) is 25.4. The van der Waals surface area contributed by atoms with Gasteiger partial charge in [0, 0.05) is 18.4 Å². The third-order valence-electron chi connectivity index (χ3n) is 5.16. The summed E-state index contributed by atoms with van der Waals surface area (Å²) in [5.41, 5.74) is 0.296. The Morgan fingerprint density at radius 1 is 1.24 bits per heavy atom. The van der Waals surface area contributed by atoms with Crippen molar-refractivity contribution in [2.75, 3.05) is 32.6 Å². The minimum absolute atomic E-state index is 0.0132. The molecule has 184 valence electrons. The van der Waals surface area contributed by atoms with E-state index in [1.165, 1.54) is 24.4 Å². The smallest absolute Gasteiger partial charge is 0.473 e. The number of fused-ring (bicyclic) bond motifs is 1. The Morgan fingerprint density at radius 3 is 2.59 bits per heavy atom. The number of nitrogens with zero attached hydrogens (tertiary/aromatic N) is 2. The molecule has 0 saturated carbocycles. The Bertz CT molecular complexity index is 1070. The molecule has 0 saturated heterocycles. The number of nitrogens with one attached hydrogen (secondary N) is 1. The van der Waals surface area contributed by atoms with Crippen LogP contribution in [0.3, 0.4) is 0 Å². The van der Waals surface area contributed by atoms with Crippen LogP contribution in [0.4, 0.5) is 23.7 Å². The van der Waals surface area contributed by atoms with Crippen LogP contribution in [0.2, 0.25) is 0 Å². The molecule has 0 amide bonds. The van der Waals surface area contributed by atoms with Gasteiger partial charge in [-0.2, -0.15) is 13.2 Å². The summed E-state index contributed by atoms with van der Waals surface area (Å²) in [6.45, 7) is 5.68. The van der Waals surface area contributed by atoms with Gasteiger partial charge >= 0.3 is 12.3 Å². The van der Waals surface area contributed by atoms with Crippen molar-refractivity contribution in [2.24, 2.45) is 0 Å². The fraction of sp³-hybridized carbons (Fsp3) is 0.417. The summed E-state index contributed by atoms with van der Waals surface area (Å²) in [5, 5.41) is 3.10. The monoisotopic (exact) mass is 479 g/mol. The normalized spacial score (nSPS) is 16.6. The van der Waals surface area contributed by atoms with Crippen LogP contribution in [0.15, 0.2) is 48.0 Å². The van der Waals surface area contributed by atoms with Crippen LogP contribution in [0, 0.1) is 0 Å². The number of hydrogen-bond acceptors (Lipinski definition) is 7. The molecule has 0 spiro atoms. The Labute approximate surface area is 196 Å². The lowest BCUT2D eigenvalue weighted by Gasteiger charge is -2.32. The van der Waals surface area contributed by atoms with Crippen molar-refractivity contribution in [3.05, 3.63) is 64.7 Å². The van der Waals surface area contributed by atoms with Crippen molar-refractivity contribution < 1.29 is 32.2 Å². The second kappa shape index (κ2) is 10.3. The van der Waals surface area contributed by atoms with Gasteiger partial charge in [0.15, 0.2) is 0 Å². The van der Waals surface area contributed by atoms with E-state index in [9.17, 15) is 18.0 Å². The van der Waals surface area contributed by atoms with Crippen LogP contribution in [0.5, 0.6) is 5.88 Å². The van der Waals surface area contributed by atoms with Crippen LogP contribution >= 0.6 is 0 Å². The quantitative estimate of drug-likeness (QED) is 0.534. The predicted molar refractivity (Wildman–Crippen MR) is 121 cm³/mol. The molecule has 2 atom stereocenters. The third kappa shape index (κ3) is 5.61. The zero-order valence-corrected chi connectivity index (χ0v) is 19.7. The van der Waals surface area contributed by atoms with Crippen molar-refractivity contribution in [1.29, 1.82) is 0 Å². The van der Waals surface area contributed by atoms with Gasteiger partial charge in [0.25, 0.3) is 0 Å². The Kier molecular flexibility index (Phi) is 7.71. The van der Waals surface area contributed by atoms with Gasteiger partial charge in [-0.25, -0.2) is 9.78 Å². The minimum Gasteiger partial charge on any atom is -0.473 e. The number of rotatable bonds is 7. The highest BCUT2D eigenvalue weighted by Gasteiger charge is 2.41. The fourth-order valence-corrected chi connectivity index (χ4v) is 3.97. The zero-order valence-electron chi connectivity index (χ0n) is 19.7. The number of pyridine rings is 1. The molecule has 34 heavy (non-hydrogen) atoms. The Balaban J connectivity index is 2.22. The second-order valence-corrected chi connectivity index (χ2v) is 8.19. The van der Waals surface area contributed by atoms with E-state index in [0.717, 1.165) is 6.07 Å². The summed E-state index contributed by atoms with van der Waals surface area (Å²) in [4.78, 5) is 18.5. The summed E-state index contributed by atoms with van der Waals surface area (Å²) in [6, 6.07) is 6.84. The van der Waals surface area contributed by atoms with Gasteiger partial charge in [0.2, 0.25) is 5.88 Å². The molecule has 0 radical (unpaired) electrons. The van der Waals surface area contributed by atoms with Gasteiger partial charge in [-0.3, -0.25) is 0 Å². The number of alkyl halides is 3. The summed E-state index contributed by atoms with van der Waals surface area (Å²) >= 11 is 0. The number of allylic oxidation sites excluding steroid dienone is 2. The van der Waals surface area contributed by atoms with Gasteiger partial charge < -0.3 is 24.4 Å². The van der Waals surface area contributed by atoms with Crippen LogP contribution in [0.1, 0.15) is 43.4 Å². The van der Waals surface area contributed by atoms with Crippen molar-refractivity contribution in [3.63, 3.8) is 0 Å². The Hall–Kier alpha value is -3.27. The number of halogens is 3. The van der Waals surface area contributed by atoms with Crippen molar-refractivity contribution >= 4 is 11.8 Å². The zero-order chi connectivity index (χ0) is 25.0. The molecule has 0 aliphatic carbocycles. The van der Waals surface area contributed by atoms with E-state index in [4.69, 9.17) is 14.2 Å². The van der Waals surface area contributed by atoms with Crippen LogP contribution < -0.4 is 10.1 Å². The van der Waals surface area contributed by atoms with E-state index in [2.05, 4.69) is 10.3 Å². The molecule has 3 rings (SSSR count). The summed E-state index contributed by atoms with van der Waals surface area (Å²) in [6.07, 6.45) is -4.44. The molecule has 1 N–H and O–H groups in total. The van der Waals surface area contributed by atoms with E-state index in [0.29, 0.717) is 23.5 Å². The highest BCUT2D eigenvalue weighted by molar-refractivity contribution is 5.70. The number of hydrogen-bond donors (Lipinski definition) is 1. The number of carbonyl (C=O) groups is 1. The maximum absolute atomic E-state index is 14.0. The first-order valence-corrected chi connectivity index (χ1v) is 10.8. The van der Waals surface area contributed by atoms with Gasteiger partial charge in [0.05, 0.1) is 29.3 Å². The number of ether oxygens (including phenoxy) is 3. The van der Waals surface area contributed by atoms with E-state index in [-0.39, 0.29) is 29.9 Å². The summed E-state index contributed by atoms with van der Waals surface area (Å²) in [7, 11) is 3.77. The molecule has 10 heteroatoms. The molecule has 2 heterocycles. The molecular formula is C24H28F3N3O4. The third-order valence-corrected chi connectivity index (χ3v) is 5.16. The number of anilines is 1. The average molecular weight is 479 g/mol. The number of carbonyl (C=O) groups excluding carboxylic acids is 1. The molecular weight excluding hydrogens is 451 g/mol. The lowest BCUT2D eigenvalue weighted by molar-refractivity contribution is -0.138. The average Bonchev–Trinajstić information content (AvgIpc) is 2.73. The van der Waals surface area contributed by atoms with E-state index in [1.54, 1.807) is 19.9 Å².